The number of ether oxygens (including phenoxy) is 1. The molecular weight excluding hydrogens is 256 g/mol. The quantitative estimate of drug-likeness (QED) is 0.741. The predicted molar refractivity (Wildman–Crippen MR) is 76.7 cm³/mol. The number of hydrogen-bond donors (Lipinski definition) is 2. The standard InChI is InChI=1S/C14H22N4O2/c1-20-8-4-7-15-13-10-16-12(9-17-13)14(19)18-11-5-2-3-6-11/h9-11H,2-8H2,1H3,(H,15,17)(H,18,19). The van der Waals surface area contributed by atoms with Gasteiger partial charge >= 0.3 is 0 Å². The number of hydrogen-bond acceptors (Lipinski definition) is 5. The van der Waals surface area contributed by atoms with Gasteiger partial charge in [-0.25, -0.2) is 9.97 Å². The highest BCUT2D eigenvalue weighted by Crippen LogP contribution is 2.17. The van der Waals surface area contributed by atoms with Gasteiger partial charge in [-0.2, -0.15) is 0 Å². The van der Waals surface area contributed by atoms with E-state index in [0.29, 0.717) is 24.2 Å². The van der Waals surface area contributed by atoms with Crippen molar-refractivity contribution in [2.45, 2.75) is 38.1 Å². The summed E-state index contributed by atoms with van der Waals surface area (Å²) in [4.78, 5) is 20.3. The molecule has 1 fully saturated rings. The van der Waals surface area contributed by atoms with Crippen LogP contribution in [0.25, 0.3) is 0 Å². The first-order chi connectivity index (χ1) is 9.79. The van der Waals surface area contributed by atoms with E-state index in [4.69, 9.17) is 4.74 Å². The minimum absolute atomic E-state index is 0.129. The molecule has 20 heavy (non-hydrogen) atoms. The van der Waals surface area contributed by atoms with E-state index >= 15 is 0 Å². The molecule has 1 aliphatic rings. The number of amides is 1. The van der Waals surface area contributed by atoms with Crippen LogP contribution in [0.2, 0.25) is 0 Å². The summed E-state index contributed by atoms with van der Waals surface area (Å²) in [5, 5.41) is 6.13. The normalized spacial score (nSPS) is 15.2. The molecule has 0 radical (unpaired) electrons. The van der Waals surface area contributed by atoms with Crippen LogP contribution in [0.15, 0.2) is 12.4 Å². The smallest absolute Gasteiger partial charge is 0.271 e. The van der Waals surface area contributed by atoms with Crippen molar-refractivity contribution in [1.29, 1.82) is 0 Å². The third kappa shape index (κ3) is 4.45. The Morgan fingerprint density at radius 2 is 2.15 bits per heavy atom. The molecule has 0 bridgehead atoms. The highest BCUT2D eigenvalue weighted by molar-refractivity contribution is 5.92. The van der Waals surface area contributed by atoms with Gasteiger partial charge < -0.3 is 15.4 Å². The molecule has 1 amide bonds. The van der Waals surface area contributed by atoms with Crippen LogP contribution in [0.3, 0.4) is 0 Å². The van der Waals surface area contributed by atoms with Gasteiger partial charge in [-0.05, 0) is 19.3 Å². The lowest BCUT2D eigenvalue weighted by Gasteiger charge is -2.11. The van der Waals surface area contributed by atoms with Crippen LogP contribution >= 0.6 is 0 Å². The summed E-state index contributed by atoms with van der Waals surface area (Å²) < 4.78 is 4.96. The fraction of sp³-hybridized carbons (Fsp3) is 0.643. The first-order valence-electron chi connectivity index (χ1n) is 7.15. The molecule has 6 nitrogen and oxygen atoms in total. The second kappa shape index (κ2) is 7.79. The molecule has 1 aliphatic carbocycles. The summed E-state index contributed by atoms with van der Waals surface area (Å²) >= 11 is 0. The van der Waals surface area contributed by atoms with Crippen molar-refractivity contribution in [1.82, 2.24) is 15.3 Å². The number of aromatic nitrogens is 2. The van der Waals surface area contributed by atoms with Crippen LogP contribution in [0, 0.1) is 0 Å². The van der Waals surface area contributed by atoms with E-state index in [9.17, 15) is 4.79 Å². The van der Waals surface area contributed by atoms with Crippen LogP contribution in [-0.4, -0.2) is 42.2 Å². The molecule has 1 heterocycles. The average Bonchev–Trinajstić information content (AvgIpc) is 2.97. The SMILES string of the molecule is COCCCNc1cnc(C(=O)NC2CCCC2)cn1. The molecule has 0 aliphatic heterocycles. The maximum Gasteiger partial charge on any atom is 0.271 e. The fourth-order valence-corrected chi connectivity index (χ4v) is 2.30. The van der Waals surface area contributed by atoms with E-state index in [1.165, 1.54) is 19.0 Å². The minimum atomic E-state index is -0.129. The Bertz CT molecular complexity index is 416. The van der Waals surface area contributed by atoms with Gasteiger partial charge in [0.1, 0.15) is 11.5 Å². The van der Waals surface area contributed by atoms with Gasteiger partial charge in [0.25, 0.3) is 5.91 Å². The Balaban J connectivity index is 1.79. The van der Waals surface area contributed by atoms with Crippen LogP contribution < -0.4 is 10.6 Å². The van der Waals surface area contributed by atoms with E-state index < -0.39 is 0 Å². The zero-order valence-electron chi connectivity index (χ0n) is 11.9. The fourth-order valence-electron chi connectivity index (χ4n) is 2.30. The third-order valence-electron chi connectivity index (χ3n) is 3.41. The maximum absolute atomic E-state index is 12.0. The second-order valence-electron chi connectivity index (χ2n) is 5.01. The number of carbonyl (C=O) groups excluding carboxylic acids is 1. The van der Waals surface area contributed by atoms with Gasteiger partial charge in [0, 0.05) is 26.3 Å². The van der Waals surface area contributed by atoms with Crippen molar-refractivity contribution in [2.24, 2.45) is 0 Å². The number of rotatable bonds is 7. The molecule has 0 spiro atoms. The highest BCUT2D eigenvalue weighted by Gasteiger charge is 2.18. The van der Waals surface area contributed by atoms with E-state index in [2.05, 4.69) is 20.6 Å². The number of nitrogens with zero attached hydrogens (tertiary/aromatic N) is 2. The summed E-state index contributed by atoms with van der Waals surface area (Å²) in [6, 6.07) is 0.302. The summed E-state index contributed by atoms with van der Waals surface area (Å²) in [5.74, 6) is 0.550. The van der Waals surface area contributed by atoms with Gasteiger partial charge in [-0.15, -0.1) is 0 Å². The monoisotopic (exact) mass is 278 g/mol. The number of carbonyl (C=O) groups is 1. The molecule has 1 aromatic rings. The second-order valence-corrected chi connectivity index (χ2v) is 5.01. The summed E-state index contributed by atoms with van der Waals surface area (Å²) in [6.45, 7) is 1.48. The lowest BCUT2D eigenvalue weighted by Crippen LogP contribution is -2.33. The lowest BCUT2D eigenvalue weighted by molar-refractivity contribution is 0.0932. The van der Waals surface area contributed by atoms with Crippen molar-refractivity contribution in [3.05, 3.63) is 18.1 Å². The summed E-state index contributed by atoms with van der Waals surface area (Å²) in [6.07, 6.45) is 8.54. The van der Waals surface area contributed by atoms with Gasteiger partial charge in [-0.1, -0.05) is 12.8 Å². The van der Waals surface area contributed by atoms with E-state index in [1.54, 1.807) is 13.3 Å². The number of anilines is 1. The van der Waals surface area contributed by atoms with Crippen molar-refractivity contribution in [2.75, 3.05) is 25.6 Å². The Kier molecular flexibility index (Phi) is 5.73. The van der Waals surface area contributed by atoms with Crippen LogP contribution in [-0.2, 0) is 4.74 Å². The topological polar surface area (TPSA) is 76.1 Å². The zero-order valence-corrected chi connectivity index (χ0v) is 11.9. The van der Waals surface area contributed by atoms with Crippen LogP contribution in [0.4, 0.5) is 5.82 Å². The first-order valence-corrected chi connectivity index (χ1v) is 7.15. The van der Waals surface area contributed by atoms with Crippen molar-refractivity contribution in [3.8, 4) is 0 Å². The molecule has 0 aromatic carbocycles. The molecule has 0 unspecified atom stereocenters. The molecule has 110 valence electrons. The molecule has 6 heteroatoms. The van der Waals surface area contributed by atoms with E-state index in [1.807, 2.05) is 0 Å². The predicted octanol–water partition coefficient (Wildman–Crippen LogP) is 1.60. The highest BCUT2D eigenvalue weighted by atomic mass is 16.5. The van der Waals surface area contributed by atoms with Gasteiger partial charge in [0.15, 0.2) is 0 Å². The molecule has 0 atom stereocenters. The molecule has 2 rings (SSSR count). The number of nitrogens with one attached hydrogen (secondary N) is 2. The third-order valence-corrected chi connectivity index (χ3v) is 3.41. The maximum atomic E-state index is 12.0. The Morgan fingerprint density at radius 1 is 1.35 bits per heavy atom. The molecule has 1 aromatic heterocycles. The Hall–Kier alpha value is -1.69. The van der Waals surface area contributed by atoms with Crippen LogP contribution in [0.1, 0.15) is 42.6 Å². The lowest BCUT2D eigenvalue weighted by atomic mass is 10.2. The van der Waals surface area contributed by atoms with Crippen molar-refractivity contribution in [3.63, 3.8) is 0 Å². The zero-order chi connectivity index (χ0) is 14.2. The summed E-state index contributed by atoms with van der Waals surface area (Å²) in [5.41, 5.74) is 0.374. The van der Waals surface area contributed by atoms with Crippen molar-refractivity contribution < 1.29 is 9.53 Å². The first kappa shape index (κ1) is 14.7. The Morgan fingerprint density at radius 3 is 2.80 bits per heavy atom. The summed E-state index contributed by atoms with van der Waals surface area (Å²) in [7, 11) is 1.68. The van der Waals surface area contributed by atoms with Gasteiger partial charge in [-0.3, -0.25) is 4.79 Å². The van der Waals surface area contributed by atoms with E-state index in [0.717, 1.165) is 25.8 Å². The molecule has 1 saturated carbocycles. The molecule has 2 N–H and O–H groups in total. The minimum Gasteiger partial charge on any atom is -0.385 e. The molecular formula is C14H22N4O2. The molecule has 0 saturated heterocycles. The van der Waals surface area contributed by atoms with Crippen LogP contribution in [0.5, 0.6) is 0 Å². The van der Waals surface area contributed by atoms with Crippen molar-refractivity contribution >= 4 is 11.7 Å². The largest absolute Gasteiger partial charge is 0.385 e. The van der Waals surface area contributed by atoms with Gasteiger partial charge in [0.2, 0.25) is 0 Å². The average molecular weight is 278 g/mol. The number of methoxy groups -OCH3 is 1. The Labute approximate surface area is 119 Å². The van der Waals surface area contributed by atoms with Gasteiger partial charge in [0.05, 0.1) is 12.4 Å². The van der Waals surface area contributed by atoms with E-state index in [-0.39, 0.29) is 5.91 Å².